The molecule has 0 aromatic heterocycles. The van der Waals surface area contributed by atoms with Gasteiger partial charge < -0.3 is 0 Å². The van der Waals surface area contributed by atoms with Gasteiger partial charge in [-0.2, -0.15) is 13.7 Å². The van der Waals surface area contributed by atoms with E-state index >= 15 is 0 Å². The molecule has 0 aliphatic heterocycles. The molecule has 5 nitrogen and oxygen atoms in total. The minimum Gasteiger partial charge on any atom is -0.186 e. The van der Waals surface area contributed by atoms with Gasteiger partial charge in [0.05, 0.1) is 5.56 Å². The predicted octanol–water partition coefficient (Wildman–Crippen LogP) is 1.05. The molecule has 0 saturated carbocycles. The van der Waals surface area contributed by atoms with Crippen LogP contribution in [0.5, 0.6) is 0 Å². The minimum atomic E-state index is -4.03. The molecule has 106 valence electrons. The van der Waals surface area contributed by atoms with Crippen LogP contribution in [0.2, 0.25) is 5.02 Å². The summed E-state index contributed by atoms with van der Waals surface area (Å²) >= 11 is 5.69. The van der Waals surface area contributed by atoms with Crippen LogP contribution in [0.25, 0.3) is 0 Å². The zero-order valence-corrected chi connectivity index (χ0v) is 12.2. The lowest BCUT2D eigenvalue weighted by atomic mass is 10.1. The maximum atomic E-state index is 11.9. The third-order valence-electron chi connectivity index (χ3n) is 2.53. The van der Waals surface area contributed by atoms with Crippen LogP contribution < -0.4 is 5.16 Å². The van der Waals surface area contributed by atoms with Crippen molar-refractivity contribution in [2.45, 2.75) is 4.90 Å². The fraction of sp³-hybridized carbons (Fsp3) is 0. The first-order valence-corrected chi connectivity index (χ1v) is 7.59. The van der Waals surface area contributed by atoms with E-state index in [1.54, 1.807) is 30.3 Å². The van der Waals surface area contributed by atoms with Crippen LogP contribution in [0.3, 0.4) is 0 Å². The van der Waals surface area contributed by atoms with E-state index in [-0.39, 0.29) is 10.6 Å². The maximum absolute atomic E-state index is 11.9. The molecule has 0 aliphatic rings. The van der Waals surface area contributed by atoms with E-state index in [4.69, 9.17) is 16.9 Å². The summed E-state index contributed by atoms with van der Waals surface area (Å²) in [7, 11) is -4.03. The Morgan fingerprint density at radius 2 is 1.71 bits per heavy atom. The van der Waals surface area contributed by atoms with Gasteiger partial charge in [-0.25, -0.2) is 0 Å². The van der Waals surface area contributed by atoms with E-state index in [1.807, 2.05) is 6.07 Å². The number of nitrogens with zero attached hydrogens (tertiary/aromatic N) is 1. The molecule has 2 aromatic carbocycles. The summed E-state index contributed by atoms with van der Waals surface area (Å²) in [6, 6.07) is 15.9. The zero-order valence-electron chi connectivity index (χ0n) is 10.7. The number of nitriles is 1. The van der Waals surface area contributed by atoms with Gasteiger partial charge in [-0.1, -0.05) is 29.8 Å². The number of rotatable bonds is 4. The highest BCUT2D eigenvalue weighted by atomic mass is 35.5. The third kappa shape index (κ3) is 3.81. The van der Waals surface area contributed by atoms with Crippen molar-refractivity contribution in [3.05, 3.63) is 65.2 Å². The monoisotopic (exact) mass is 321 g/mol. The van der Waals surface area contributed by atoms with Crippen molar-refractivity contribution >= 4 is 27.4 Å². The van der Waals surface area contributed by atoms with Crippen LogP contribution in [0.15, 0.2) is 59.5 Å². The van der Waals surface area contributed by atoms with Gasteiger partial charge in [0.25, 0.3) is 0 Å². The summed E-state index contributed by atoms with van der Waals surface area (Å²) in [6.45, 7) is 0. The Morgan fingerprint density at radius 3 is 2.29 bits per heavy atom. The van der Waals surface area contributed by atoms with Crippen LogP contribution in [0, 0.1) is 11.3 Å². The van der Waals surface area contributed by atoms with Crippen molar-refractivity contribution in [3.8, 4) is 6.07 Å². The second kappa shape index (κ2) is 6.39. The first-order chi connectivity index (χ1) is 10.0. The van der Waals surface area contributed by atoms with Gasteiger partial charge in [0, 0.05) is 5.02 Å². The van der Waals surface area contributed by atoms with Gasteiger partial charge in [-0.15, -0.1) is 4.28 Å². The molecule has 0 aliphatic carbocycles. The number of benzene rings is 2. The average Bonchev–Trinajstić information content (AvgIpc) is 2.49. The first kappa shape index (κ1) is 15.0. The van der Waals surface area contributed by atoms with Crippen LogP contribution in [-0.2, 0) is 14.4 Å². The summed E-state index contributed by atoms with van der Waals surface area (Å²) in [5, 5.41) is 11.6. The van der Waals surface area contributed by atoms with Crippen LogP contribution in [0.4, 0.5) is 0 Å². The van der Waals surface area contributed by atoms with Gasteiger partial charge in [-0.05, 0) is 41.6 Å². The second-order valence-electron chi connectivity index (χ2n) is 3.95. The zero-order chi connectivity index (χ0) is 15.3. The van der Waals surface area contributed by atoms with Crippen LogP contribution in [0.1, 0.15) is 5.56 Å². The van der Waals surface area contributed by atoms with Gasteiger partial charge in [-0.3, -0.25) is 0 Å². The average molecular weight is 322 g/mol. The molecule has 0 heterocycles. The summed E-state index contributed by atoms with van der Waals surface area (Å²) in [5.41, 5.74) is 0.513. The molecule has 2 rings (SSSR count). The normalized spacial score (nSPS) is 11.7. The fourth-order valence-corrected chi connectivity index (χ4v) is 2.38. The van der Waals surface area contributed by atoms with E-state index < -0.39 is 10.1 Å². The van der Waals surface area contributed by atoms with E-state index in [0.29, 0.717) is 10.6 Å². The van der Waals surface area contributed by atoms with Crippen molar-refractivity contribution in [2.75, 3.05) is 0 Å². The fourth-order valence-electron chi connectivity index (χ4n) is 1.50. The molecule has 21 heavy (non-hydrogen) atoms. The Hall–Kier alpha value is -2.36. The first-order valence-electron chi connectivity index (χ1n) is 5.80. The Morgan fingerprint density at radius 1 is 1.10 bits per heavy atom. The summed E-state index contributed by atoms with van der Waals surface area (Å²) < 4.78 is 28.6. The number of hydrogen-bond donors (Lipinski definition) is 1. The number of nitrogens with one attached hydrogen (secondary N) is 1. The van der Waals surface area contributed by atoms with Crippen molar-refractivity contribution in [1.82, 2.24) is 0 Å². The van der Waals surface area contributed by atoms with E-state index in [2.05, 4.69) is 9.44 Å². The molecule has 2 aromatic rings. The Balaban J connectivity index is 2.26. The molecule has 0 spiro atoms. The van der Waals surface area contributed by atoms with Gasteiger partial charge in [0.15, 0.2) is 6.07 Å². The summed E-state index contributed by atoms with van der Waals surface area (Å²) in [5.74, 6) is 0. The Bertz CT molecular complexity index is 794. The molecule has 0 atom stereocenters. The quantitative estimate of drug-likeness (QED) is 0.674. The molecule has 0 saturated heterocycles. The highest BCUT2D eigenvalue weighted by Crippen LogP contribution is 2.14. The molecule has 0 fully saturated rings. The van der Waals surface area contributed by atoms with E-state index in [0.717, 1.165) is 0 Å². The molecule has 0 unspecified atom stereocenters. The second-order valence-corrected chi connectivity index (χ2v) is 5.93. The lowest BCUT2D eigenvalue weighted by Gasteiger charge is -1.98. The Kier molecular flexibility index (Phi) is 4.58. The largest absolute Gasteiger partial charge is 0.395 e. The van der Waals surface area contributed by atoms with Crippen molar-refractivity contribution in [3.63, 3.8) is 0 Å². The number of halogens is 1. The molecule has 0 amide bonds. The smallest absolute Gasteiger partial charge is 0.186 e. The standard InChI is InChI=1S/C14H9ClN2O3S/c15-12-6-8-13(9-7-12)21(18,19)20-17-14(10-16)11-4-2-1-3-5-11/h1-9H/p+1/b17-14+. The highest BCUT2D eigenvalue weighted by molar-refractivity contribution is 7.86. The molecule has 7 heteroatoms. The van der Waals surface area contributed by atoms with Crippen molar-refractivity contribution in [1.29, 1.82) is 5.26 Å². The van der Waals surface area contributed by atoms with E-state index in [1.165, 1.54) is 24.3 Å². The number of hydrogen-bond acceptors (Lipinski definition) is 4. The summed E-state index contributed by atoms with van der Waals surface area (Å²) in [4.78, 5) is -0.0650. The lowest BCUT2D eigenvalue weighted by Crippen LogP contribution is -2.72. The van der Waals surface area contributed by atoms with Crippen molar-refractivity contribution < 1.29 is 17.9 Å². The molecule has 0 bridgehead atoms. The van der Waals surface area contributed by atoms with Gasteiger partial charge in [0.2, 0.25) is 0 Å². The topological polar surface area (TPSA) is 81.1 Å². The van der Waals surface area contributed by atoms with Crippen molar-refractivity contribution in [2.24, 2.45) is 0 Å². The molecule has 0 radical (unpaired) electrons. The van der Waals surface area contributed by atoms with Crippen LogP contribution >= 0.6 is 11.6 Å². The van der Waals surface area contributed by atoms with Gasteiger partial charge in [0.1, 0.15) is 4.90 Å². The molecular weight excluding hydrogens is 312 g/mol. The predicted molar refractivity (Wildman–Crippen MR) is 76.8 cm³/mol. The highest BCUT2D eigenvalue weighted by Gasteiger charge is 2.20. The van der Waals surface area contributed by atoms with Gasteiger partial charge >= 0.3 is 15.8 Å². The third-order valence-corrected chi connectivity index (χ3v) is 3.93. The minimum absolute atomic E-state index is 0.00635. The lowest BCUT2D eigenvalue weighted by molar-refractivity contribution is -0.703. The van der Waals surface area contributed by atoms with E-state index in [9.17, 15) is 8.42 Å². The summed E-state index contributed by atoms with van der Waals surface area (Å²) in [6.07, 6.45) is 0. The Labute approximate surface area is 127 Å². The maximum Gasteiger partial charge on any atom is 0.395 e. The van der Waals surface area contributed by atoms with Crippen LogP contribution in [-0.4, -0.2) is 14.1 Å². The molecular formula is C14H10ClN2O3S+. The molecule has 1 N–H and O–H groups in total. The SMILES string of the molecule is N#C/C(=[NH+]\OS(=O)(=O)c1ccc(Cl)cc1)c1ccccc1.